The third-order valence-electron chi connectivity index (χ3n) is 5.39. The maximum atomic E-state index is 13.5. The molecule has 0 unspecified atom stereocenters. The molecule has 5 rings (SSSR count). The van der Waals surface area contributed by atoms with Gasteiger partial charge in [-0.2, -0.15) is 0 Å². The average molecular weight is 481 g/mol. The molecule has 172 valence electrons. The van der Waals surface area contributed by atoms with Gasteiger partial charge in [-0.05, 0) is 48.5 Å². The molecule has 2 aromatic carbocycles. The van der Waals surface area contributed by atoms with Gasteiger partial charge in [-0.3, -0.25) is 14.5 Å². The van der Waals surface area contributed by atoms with Crippen molar-refractivity contribution in [3.63, 3.8) is 0 Å². The number of piperazine rings is 1. The van der Waals surface area contributed by atoms with Gasteiger partial charge in [0.2, 0.25) is 11.8 Å². The summed E-state index contributed by atoms with van der Waals surface area (Å²) in [6.45, 7) is 0.478. The molecule has 1 aliphatic rings. The van der Waals surface area contributed by atoms with Gasteiger partial charge in [0.25, 0.3) is 0 Å². The Labute approximate surface area is 197 Å². The number of aromatic nitrogens is 4. The summed E-state index contributed by atoms with van der Waals surface area (Å²) >= 11 is 1.37. The standard InChI is InChI=1S/C23H18F2N6O2S/c24-17-5-1-15(2-6-17)21-27-22(16-3-7-18(25)8-4-16)31(28-21)14-19(32)29-10-11-30(20(33)13-29)23-26-9-12-34-23/h1-9,12H,10-11,13-14H2. The number of rotatable bonds is 5. The van der Waals surface area contributed by atoms with Crippen molar-refractivity contribution in [2.24, 2.45) is 0 Å². The molecule has 0 spiro atoms. The van der Waals surface area contributed by atoms with E-state index in [9.17, 15) is 18.4 Å². The second kappa shape index (κ2) is 9.10. The zero-order valence-corrected chi connectivity index (χ0v) is 18.6. The summed E-state index contributed by atoms with van der Waals surface area (Å²) in [6, 6.07) is 11.4. The number of carbonyl (C=O) groups is 2. The summed E-state index contributed by atoms with van der Waals surface area (Å²) in [4.78, 5) is 37.4. The maximum Gasteiger partial charge on any atom is 0.248 e. The molecule has 0 radical (unpaired) electrons. The minimum absolute atomic E-state index is 0.0657. The lowest BCUT2D eigenvalue weighted by atomic mass is 10.2. The summed E-state index contributed by atoms with van der Waals surface area (Å²) in [7, 11) is 0. The Balaban J connectivity index is 1.39. The van der Waals surface area contributed by atoms with Gasteiger partial charge < -0.3 is 4.90 Å². The first kappa shape index (κ1) is 21.8. The summed E-state index contributed by atoms with van der Waals surface area (Å²) in [6.07, 6.45) is 1.63. The molecule has 4 aromatic rings. The van der Waals surface area contributed by atoms with Crippen LogP contribution in [0, 0.1) is 11.6 Å². The first-order valence-corrected chi connectivity index (χ1v) is 11.3. The Hall–Kier alpha value is -3.99. The third-order valence-corrected chi connectivity index (χ3v) is 6.18. The van der Waals surface area contributed by atoms with Crippen molar-refractivity contribution in [1.82, 2.24) is 24.6 Å². The lowest BCUT2D eigenvalue weighted by Gasteiger charge is -2.32. The Bertz CT molecular complexity index is 1320. The fourth-order valence-corrected chi connectivity index (χ4v) is 4.34. The number of anilines is 1. The number of benzene rings is 2. The highest BCUT2D eigenvalue weighted by Crippen LogP contribution is 2.24. The minimum atomic E-state index is -0.402. The fraction of sp³-hybridized carbons (Fsp3) is 0.174. The van der Waals surface area contributed by atoms with Crippen LogP contribution in [0.3, 0.4) is 0 Å². The third kappa shape index (κ3) is 4.42. The van der Waals surface area contributed by atoms with Gasteiger partial charge in [-0.25, -0.2) is 23.4 Å². The van der Waals surface area contributed by atoms with Gasteiger partial charge in [-0.1, -0.05) is 0 Å². The molecule has 2 amide bonds. The van der Waals surface area contributed by atoms with Crippen molar-refractivity contribution in [2.45, 2.75) is 6.54 Å². The molecule has 1 aliphatic heterocycles. The number of nitrogens with zero attached hydrogens (tertiary/aromatic N) is 6. The van der Waals surface area contributed by atoms with Crippen molar-refractivity contribution in [1.29, 1.82) is 0 Å². The smallest absolute Gasteiger partial charge is 0.248 e. The highest BCUT2D eigenvalue weighted by atomic mass is 32.1. The topological polar surface area (TPSA) is 84.2 Å². The maximum absolute atomic E-state index is 13.5. The number of thiazole rings is 1. The van der Waals surface area contributed by atoms with E-state index in [0.717, 1.165) is 0 Å². The molecule has 1 saturated heterocycles. The van der Waals surface area contributed by atoms with E-state index in [1.165, 1.54) is 45.2 Å². The normalized spacial score (nSPS) is 14.0. The molecule has 0 saturated carbocycles. The van der Waals surface area contributed by atoms with Crippen LogP contribution in [-0.2, 0) is 16.1 Å². The minimum Gasteiger partial charge on any atom is -0.330 e. The SMILES string of the molecule is O=C(Cn1nc(-c2ccc(F)cc2)nc1-c1ccc(F)cc1)N1CCN(c2nccs2)C(=O)C1. The van der Waals surface area contributed by atoms with Crippen molar-refractivity contribution in [3.05, 3.63) is 71.7 Å². The van der Waals surface area contributed by atoms with E-state index in [4.69, 9.17) is 0 Å². The van der Waals surface area contributed by atoms with Crippen LogP contribution in [0.15, 0.2) is 60.1 Å². The van der Waals surface area contributed by atoms with Crippen molar-refractivity contribution in [3.8, 4) is 22.8 Å². The molecule has 11 heteroatoms. The quantitative estimate of drug-likeness (QED) is 0.438. The molecule has 2 aromatic heterocycles. The second-order valence-electron chi connectivity index (χ2n) is 7.61. The highest BCUT2D eigenvalue weighted by Gasteiger charge is 2.30. The molecule has 0 atom stereocenters. The molecule has 0 N–H and O–H groups in total. The van der Waals surface area contributed by atoms with Gasteiger partial charge in [0, 0.05) is 35.8 Å². The van der Waals surface area contributed by atoms with Gasteiger partial charge in [-0.15, -0.1) is 16.4 Å². The van der Waals surface area contributed by atoms with Crippen LogP contribution in [0.1, 0.15) is 0 Å². The van der Waals surface area contributed by atoms with Gasteiger partial charge in [0.15, 0.2) is 16.8 Å². The number of amides is 2. The molecule has 0 aliphatic carbocycles. The Morgan fingerprint density at radius 2 is 1.65 bits per heavy atom. The number of hydrogen-bond donors (Lipinski definition) is 0. The number of carbonyl (C=O) groups excluding carboxylic acids is 2. The van der Waals surface area contributed by atoms with Gasteiger partial charge >= 0.3 is 0 Å². The fourth-order valence-electron chi connectivity index (χ4n) is 3.65. The predicted molar refractivity (Wildman–Crippen MR) is 122 cm³/mol. The van der Waals surface area contributed by atoms with E-state index in [2.05, 4.69) is 15.1 Å². The molecule has 0 bridgehead atoms. The largest absolute Gasteiger partial charge is 0.330 e. The molecule has 34 heavy (non-hydrogen) atoms. The number of hydrogen-bond acceptors (Lipinski definition) is 6. The van der Waals surface area contributed by atoms with Gasteiger partial charge in [0.1, 0.15) is 24.7 Å². The summed E-state index contributed by atoms with van der Waals surface area (Å²) < 4.78 is 28.2. The monoisotopic (exact) mass is 480 g/mol. The van der Waals surface area contributed by atoms with E-state index in [-0.39, 0.29) is 24.9 Å². The van der Waals surface area contributed by atoms with Crippen LogP contribution < -0.4 is 4.90 Å². The van der Waals surface area contributed by atoms with Crippen LogP contribution in [0.4, 0.5) is 13.9 Å². The molecule has 3 heterocycles. The van der Waals surface area contributed by atoms with E-state index < -0.39 is 11.6 Å². The van der Waals surface area contributed by atoms with E-state index in [1.807, 2.05) is 0 Å². The zero-order chi connectivity index (χ0) is 23.7. The molecular weight excluding hydrogens is 462 g/mol. The lowest BCUT2D eigenvalue weighted by molar-refractivity contribution is -0.137. The Kier molecular flexibility index (Phi) is 5.84. The lowest BCUT2D eigenvalue weighted by Crippen LogP contribution is -2.53. The van der Waals surface area contributed by atoms with E-state index >= 15 is 0 Å². The highest BCUT2D eigenvalue weighted by molar-refractivity contribution is 7.13. The predicted octanol–water partition coefficient (Wildman–Crippen LogP) is 3.22. The van der Waals surface area contributed by atoms with Crippen LogP contribution in [0.25, 0.3) is 22.8 Å². The van der Waals surface area contributed by atoms with Crippen molar-refractivity contribution >= 4 is 28.3 Å². The van der Waals surface area contributed by atoms with Gasteiger partial charge in [0.05, 0.1) is 0 Å². The average Bonchev–Trinajstić information content (AvgIpc) is 3.51. The molecule has 1 fully saturated rings. The first-order valence-electron chi connectivity index (χ1n) is 10.4. The van der Waals surface area contributed by atoms with Crippen LogP contribution in [0.5, 0.6) is 0 Å². The summed E-state index contributed by atoms with van der Waals surface area (Å²) in [5.41, 5.74) is 1.14. The Morgan fingerprint density at radius 1 is 0.971 bits per heavy atom. The zero-order valence-electron chi connectivity index (χ0n) is 17.8. The van der Waals surface area contributed by atoms with E-state index in [0.29, 0.717) is 41.0 Å². The van der Waals surface area contributed by atoms with Crippen LogP contribution in [0.2, 0.25) is 0 Å². The summed E-state index contributed by atoms with van der Waals surface area (Å²) in [5.74, 6) is -0.637. The van der Waals surface area contributed by atoms with Crippen LogP contribution in [-0.4, -0.2) is 56.1 Å². The first-order chi connectivity index (χ1) is 16.5. The second-order valence-corrected chi connectivity index (χ2v) is 8.48. The van der Waals surface area contributed by atoms with Crippen LogP contribution >= 0.6 is 11.3 Å². The molecular formula is C23H18F2N6O2S. The van der Waals surface area contributed by atoms with E-state index in [1.54, 1.807) is 40.7 Å². The summed E-state index contributed by atoms with van der Waals surface area (Å²) in [5, 5.41) is 6.86. The number of halogens is 2. The molecule has 8 nitrogen and oxygen atoms in total. The van der Waals surface area contributed by atoms with Crippen molar-refractivity contribution < 1.29 is 18.4 Å². The van der Waals surface area contributed by atoms with Crippen molar-refractivity contribution in [2.75, 3.05) is 24.5 Å². The Morgan fingerprint density at radius 3 is 2.26 bits per heavy atom.